The summed E-state index contributed by atoms with van der Waals surface area (Å²) in [7, 11) is -4.15. The second-order valence-corrected chi connectivity index (χ2v) is 5.62. The summed E-state index contributed by atoms with van der Waals surface area (Å²) in [5.41, 5.74) is -0.503. The van der Waals surface area contributed by atoms with Crippen molar-refractivity contribution in [2.45, 2.75) is 24.2 Å². The molecule has 0 saturated heterocycles. The summed E-state index contributed by atoms with van der Waals surface area (Å²) in [6, 6.07) is 4.22. The van der Waals surface area contributed by atoms with Gasteiger partial charge in [-0.1, -0.05) is 0 Å². The van der Waals surface area contributed by atoms with Crippen LogP contribution in [0.25, 0.3) is 0 Å². The molecule has 1 aromatic rings. The molecule has 0 bridgehead atoms. The first-order valence-corrected chi connectivity index (χ1v) is 7.17. The van der Waals surface area contributed by atoms with E-state index in [0.29, 0.717) is 25.3 Å². The predicted molar refractivity (Wildman–Crippen MR) is 67.7 cm³/mol. The van der Waals surface area contributed by atoms with E-state index in [1.165, 1.54) is 0 Å². The minimum atomic E-state index is -4.15. The Hall–Kier alpha value is -2.05. The number of unbranched alkanes of at least 4 members (excludes halogenated alkanes) is 2. The van der Waals surface area contributed by atoms with Gasteiger partial charge in [0.05, 0.1) is 11.0 Å². The molecule has 0 radical (unpaired) electrons. The number of benzene rings is 1. The van der Waals surface area contributed by atoms with Crippen molar-refractivity contribution in [3.8, 4) is 6.07 Å². The van der Waals surface area contributed by atoms with Crippen LogP contribution in [0.15, 0.2) is 23.1 Å². The molecule has 0 atom stereocenters. The highest BCUT2D eigenvalue weighted by molar-refractivity contribution is 7.89. The Kier molecular flexibility index (Phi) is 5.54. The van der Waals surface area contributed by atoms with Crippen LogP contribution in [0.2, 0.25) is 0 Å². The number of sulfonamides is 1. The third-order valence-corrected chi connectivity index (χ3v) is 3.90. The summed E-state index contributed by atoms with van der Waals surface area (Å²) in [6.07, 6.45) is 1.23. The molecule has 0 aromatic heterocycles. The summed E-state index contributed by atoms with van der Waals surface area (Å²) in [5.74, 6) is -1.06. The lowest BCUT2D eigenvalue weighted by Gasteiger charge is -2.07. The summed E-state index contributed by atoms with van der Waals surface area (Å²) in [6.45, 7) is 0.0339. The molecule has 0 saturated carbocycles. The number of hydrogen-bond acceptors (Lipinski definition) is 5. The van der Waals surface area contributed by atoms with Gasteiger partial charge >= 0.3 is 0 Å². The average molecular weight is 301 g/mol. The SMILES string of the molecule is N#CCCCCNS(=O)(=O)c1cc([N+](=O)[O-])ccc1F. The molecule has 0 unspecified atom stereocenters. The van der Waals surface area contributed by atoms with Gasteiger partial charge in [-0.15, -0.1) is 0 Å². The smallest absolute Gasteiger partial charge is 0.258 e. The first-order chi connectivity index (χ1) is 9.38. The molecule has 1 rings (SSSR count). The Labute approximate surface area is 115 Å². The Bertz CT molecular complexity index is 640. The van der Waals surface area contributed by atoms with Gasteiger partial charge in [0.2, 0.25) is 10.0 Å². The van der Waals surface area contributed by atoms with Crippen LogP contribution in [0.3, 0.4) is 0 Å². The highest BCUT2D eigenvalue weighted by Gasteiger charge is 2.22. The van der Waals surface area contributed by atoms with E-state index >= 15 is 0 Å². The van der Waals surface area contributed by atoms with E-state index in [4.69, 9.17) is 5.26 Å². The number of nitro benzene ring substituents is 1. The number of nitrogens with one attached hydrogen (secondary N) is 1. The molecular weight excluding hydrogens is 289 g/mol. The normalized spacial score (nSPS) is 11.0. The molecule has 0 fully saturated rings. The van der Waals surface area contributed by atoms with Crippen LogP contribution >= 0.6 is 0 Å². The van der Waals surface area contributed by atoms with Crippen molar-refractivity contribution >= 4 is 15.7 Å². The molecule has 20 heavy (non-hydrogen) atoms. The second kappa shape index (κ2) is 6.93. The van der Waals surface area contributed by atoms with Crippen LogP contribution in [0.1, 0.15) is 19.3 Å². The van der Waals surface area contributed by atoms with Gasteiger partial charge in [0.25, 0.3) is 5.69 Å². The zero-order valence-electron chi connectivity index (χ0n) is 10.4. The fourth-order valence-corrected chi connectivity index (χ4v) is 2.59. The van der Waals surface area contributed by atoms with E-state index in [1.807, 2.05) is 6.07 Å². The number of nitriles is 1. The first-order valence-electron chi connectivity index (χ1n) is 5.69. The molecule has 0 amide bonds. The zero-order chi connectivity index (χ0) is 15.2. The topological polar surface area (TPSA) is 113 Å². The molecule has 0 aliphatic carbocycles. The van der Waals surface area contributed by atoms with E-state index < -0.39 is 31.3 Å². The van der Waals surface area contributed by atoms with Crippen LogP contribution in [-0.2, 0) is 10.0 Å². The average Bonchev–Trinajstić information content (AvgIpc) is 2.38. The number of halogens is 1. The van der Waals surface area contributed by atoms with Crippen molar-refractivity contribution < 1.29 is 17.7 Å². The van der Waals surface area contributed by atoms with E-state index in [9.17, 15) is 22.9 Å². The van der Waals surface area contributed by atoms with Crippen molar-refractivity contribution in [1.82, 2.24) is 4.72 Å². The maximum absolute atomic E-state index is 13.5. The van der Waals surface area contributed by atoms with E-state index in [0.717, 1.165) is 12.1 Å². The van der Waals surface area contributed by atoms with Crippen LogP contribution in [0.4, 0.5) is 10.1 Å². The lowest BCUT2D eigenvalue weighted by atomic mass is 10.2. The highest BCUT2D eigenvalue weighted by Crippen LogP contribution is 2.20. The van der Waals surface area contributed by atoms with Crippen molar-refractivity contribution in [3.05, 3.63) is 34.1 Å². The summed E-state index contributed by atoms with van der Waals surface area (Å²) >= 11 is 0. The maximum atomic E-state index is 13.5. The largest absolute Gasteiger partial charge is 0.270 e. The number of nitrogens with zero attached hydrogens (tertiary/aromatic N) is 2. The molecule has 9 heteroatoms. The fraction of sp³-hybridized carbons (Fsp3) is 0.364. The minimum absolute atomic E-state index is 0.0339. The first kappa shape index (κ1) is 16.0. The van der Waals surface area contributed by atoms with Crippen molar-refractivity contribution in [2.24, 2.45) is 0 Å². The lowest BCUT2D eigenvalue weighted by molar-refractivity contribution is -0.385. The van der Waals surface area contributed by atoms with E-state index in [1.54, 1.807) is 0 Å². The lowest BCUT2D eigenvalue weighted by Crippen LogP contribution is -2.25. The Morgan fingerprint density at radius 3 is 2.70 bits per heavy atom. The molecule has 108 valence electrons. The zero-order valence-corrected chi connectivity index (χ0v) is 11.2. The summed E-state index contributed by atoms with van der Waals surface area (Å²) in [4.78, 5) is 9.00. The fourth-order valence-electron chi connectivity index (χ4n) is 1.42. The highest BCUT2D eigenvalue weighted by atomic mass is 32.2. The van der Waals surface area contributed by atoms with Gasteiger partial charge in [-0.25, -0.2) is 17.5 Å². The van der Waals surface area contributed by atoms with Crippen LogP contribution in [0.5, 0.6) is 0 Å². The van der Waals surface area contributed by atoms with Crippen molar-refractivity contribution in [2.75, 3.05) is 6.54 Å². The molecule has 0 heterocycles. The molecule has 7 nitrogen and oxygen atoms in total. The third-order valence-electron chi connectivity index (χ3n) is 2.42. The monoisotopic (exact) mass is 301 g/mol. The second-order valence-electron chi connectivity index (χ2n) is 3.88. The Morgan fingerprint density at radius 2 is 2.10 bits per heavy atom. The predicted octanol–water partition coefficient (Wildman–Crippen LogP) is 1.71. The van der Waals surface area contributed by atoms with Gasteiger partial charge in [0.15, 0.2) is 0 Å². The number of non-ortho nitro benzene ring substituents is 1. The summed E-state index contributed by atoms with van der Waals surface area (Å²) in [5, 5.41) is 18.9. The van der Waals surface area contributed by atoms with Gasteiger partial charge in [-0.2, -0.15) is 5.26 Å². The minimum Gasteiger partial charge on any atom is -0.258 e. The van der Waals surface area contributed by atoms with Crippen LogP contribution in [0, 0.1) is 27.3 Å². The Balaban J connectivity index is 2.84. The molecule has 0 aliphatic rings. The van der Waals surface area contributed by atoms with Crippen molar-refractivity contribution in [1.29, 1.82) is 5.26 Å². The van der Waals surface area contributed by atoms with Crippen LogP contribution < -0.4 is 4.72 Å². The van der Waals surface area contributed by atoms with E-state index in [-0.39, 0.29) is 6.54 Å². The van der Waals surface area contributed by atoms with Crippen LogP contribution in [-0.4, -0.2) is 19.9 Å². The van der Waals surface area contributed by atoms with Gasteiger partial charge in [0.1, 0.15) is 10.7 Å². The molecule has 1 aromatic carbocycles. The molecule has 0 aliphatic heterocycles. The molecule has 1 N–H and O–H groups in total. The maximum Gasteiger partial charge on any atom is 0.270 e. The number of rotatable bonds is 7. The molecular formula is C11H12FN3O4S. The summed E-state index contributed by atoms with van der Waals surface area (Å²) < 4.78 is 39.3. The standard InChI is InChI=1S/C11H12FN3O4S/c12-10-5-4-9(15(16)17)8-11(10)20(18,19)14-7-3-1-2-6-13/h4-5,8,14H,1-3,7H2. The third kappa shape index (κ3) is 4.25. The Morgan fingerprint density at radius 1 is 1.40 bits per heavy atom. The molecule has 0 spiro atoms. The number of hydrogen-bond donors (Lipinski definition) is 1. The number of nitro groups is 1. The van der Waals surface area contributed by atoms with Gasteiger partial charge in [-0.05, 0) is 18.9 Å². The van der Waals surface area contributed by atoms with Crippen molar-refractivity contribution in [3.63, 3.8) is 0 Å². The van der Waals surface area contributed by atoms with Gasteiger partial charge in [-0.3, -0.25) is 10.1 Å². The quantitative estimate of drug-likeness (QED) is 0.468. The van der Waals surface area contributed by atoms with Gasteiger partial charge in [0, 0.05) is 25.1 Å². The van der Waals surface area contributed by atoms with E-state index in [2.05, 4.69) is 4.72 Å². The van der Waals surface area contributed by atoms with Gasteiger partial charge < -0.3 is 0 Å².